The van der Waals surface area contributed by atoms with Gasteiger partial charge in [0.15, 0.2) is 5.82 Å². The summed E-state index contributed by atoms with van der Waals surface area (Å²) >= 11 is 0. The molecule has 1 rings (SSSR count). The third-order valence-electron chi connectivity index (χ3n) is 1.45. The molecule has 0 unspecified atom stereocenters. The average molecular weight is 185 g/mol. The molecule has 1 aromatic rings. The molecule has 0 bridgehead atoms. The van der Waals surface area contributed by atoms with E-state index in [0.717, 1.165) is 0 Å². The Morgan fingerprint density at radius 2 is 2.23 bits per heavy atom. The van der Waals surface area contributed by atoms with Crippen molar-refractivity contribution in [2.75, 3.05) is 6.61 Å². The van der Waals surface area contributed by atoms with Crippen LogP contribution in [0, 0.1) is 0 Å². The van der Waals surface area contributed by atoms with Gasteiger partial charge in [0.25, 0.3) is 0 Å². The highest BCUT2D eigenvalue weighted by molar-refractivity contribution is 4.96. The second kappa shape index (κ2) is 3.85. The van der Waals surface area contributed by atoms with Gasteiger partial charge in [-0.15, -0.1) is 0 Å². The van der Waals surface area contributed by atoms with Crippen molar-refractivity contribution in [3.8, 4) is 0 Å². The zero-order valence-electron chi connectivity index (χ0n) is 8.20. The van der Waals surface area contributed by atoms with Crippen molar-refractivity contribution < 1.29 is 9.26 Å². The van der Waals surface area contributed by atoms with Gasteiger partial charge in [0.1, 0.15) is 6.61 Å². The summed E-state index contributed by atoms with van der Waals surface area (Å²) in [6.07, 6.45) is 0. The van der Waals surface area contributed by atoms with E-state index in [1.54, 1.807) is 0 Å². The molecule has 0 aliphatic rings. The van der Waals surface area contributed by atoms with Gasteiger partial charge in [-0.05, 0) is 20.8 Å². The third kappa shape index (κ3) is 2.78. The predicted octanol–water partition coefficient (Wildman–Crippen LogP) is 0.800. The van der Waals surface area contributed by atoms with Crippen LogP contribution in [0.3, 0.4) is 0 Å². The highest BCUT2D eigenvalue weighted by Crippen LogP contribution is 2.13. The smallest absolute Gasteiger partial charge is 0.246 e. The van der Waals surface area contributed by atoms with Crippen molar-refractivity contribution in [2.24, 2.45) is 5.73 Å². The Labute approximate surface area is 77.3 Å². The van der Waals surface area contributed by atoms with Crippen molar-refractivity contribution >= 4 is 0 Å². The van der Waals surface area contributed by atoms with Crippen molar-refractivity contribution in [3.63, 3.8) is 0 Å². The molecule has 74 valence electrons. The van der Waals surface area contributed by atoms with E-state index in [0.29, 0.717) is 24.9 Å². The van der Waals surface area contributed by atoms with E-state index in [9.17, 15) is 0 Å². The van der Waals surface area contributed by atoms with Gasteiger partial charge >= 0.3 is 0 Å². The first-order valence-corrected chi connectivity index (χ1v) is 4.23. The molecule has 0 fully saturated rings. The van der Waals surface area contributed by atoms with Crippen LogP contribution in [0.5, 0.6) is 0 Å². The van der Waals surface area contributed by atoms with Gasteiger partial charge in [0, 0.05) is 6.61 Å². The van der Waals surface area contributed by atoms with Gasteiger partial charge in [0.05, 0.1) is 5.54 Å². The molecule has 5 heteroatoms. The van der Waals surface area contributed by atoms with Crippen molar-refractivity contribution in [3.05, 3.63) is 11.7 Å². The first-order chi connectivity index (χ1) is 6.04. The summed E-state index contributed by atoms with van der Waals surface area (Å²) in [6.45, 7) is 6.54. The SMILES string of the molecule is CCOCc1noc(C(C)(C)N)n1. The van der Waals surface area contributed by atoms with E-state index in [1.165, 1.54) is 0 Å². The van der Waals surface area contributed by atoms with Crippen LogP contribution in [0.15, 0.2) is 4.52 Å². The van der Waals surface area contributed by atoms with Crippen LogP contribution in [0.4, 0.5) is 0 Å². The maximum absolute atomic E-state index is 5.76. The Kier molecular flexibility index (Phi) is 3.00. The van der Waals surface area contributed by atoms with Crippen molar-refractivity contribution in [1.29, 1.82) is 0 Å². The number of hydrogen-bond donors (Lipinski definition) is 1. The van der Waals surface area contributed by atoms with E-state index in [4.69, 9.17) is 15.0 Å². The van der Waals surface area contributed by atoms with E-state index < -0.39 is 5.54 Å². The molecule has 2 N–H and O–H groups in total. The normalized spacial score (nSPS) is 12.0. The first kappa shape index (κ1) is 10.1. The fraction of sp³-hybridized carbons (Fsp3) is 0.750. The number of nitrogens with zero attached hydrogens (tertiary/aromatic N) is 2. The van der Waals surface area contributed by atoms with Gasteiger partial charge < -0.3 is 15.0 Å². The van der Waals surface area contributed by atoms with Crippen LogP contribution in [0.25, 0.3) is 0 Å². The quantitative estimate of drug-likeness (QED) is 0.751. The Morgan fingerprint density at radius 1 is 1.54 bits per heavy atom. The van der Waals surface area contributed by atoms with Crippen molar-refractivity contribution in [2.45, 2.75) is 32.9 Å². The zero-order chi connectivity index (χ0) is 9.90. The van der Waals surface area contributed by atoms with E-state index in [1.807, 2.05) is 20.8 Å². The topological polar surface area (TPSA) is 74.2 Å². The van der Waals surface area contributed by atoms with Crippen LogP contribution < -0.4 is 5.73 Å². The van der Waals surface area contributed by atoms with Gasteiger partial charge in [0.2, 0.25) is 5.89 Å². The first-order valence-electron chi connectivity index (χ1n) is 4.23. The molecule has 1 heterocycles. The highest BCUT2D eigenvalue weighted by atomic mass is 16.5. The summed E-state index contributed by atoms with van der Waals surface area (Å²) in [5, 5.41) is 3.73. The minimum atomic E-state index is -0.586. The molecule has 5 nitrogen and oxygen atoms in total. The second-order valence-corrected chi connectivity index (χ2v) is 3.37. The molecule has 0 atom stereocenters. The summed E-state index contributed by atoms with van der Waals surface area (Å²) in [5.74, 6) is 0.970. The number of ether oxygens (including phenoxy) is 1. The monoisotopic (exact) mass is 185 g/mol. The molecule has 0 aliphatic heterocycles. The molecular formula is C8H15N3O2. The summed E-state index contributed by atoms with van der Waals surface area (Å²) in [6, 6.07) is 0. The highest BCUT2D eigenvalue weighted by Gasteiger charge is 2.21. The summed E-state index contributed by atoms with van der Waals surface area (Å²) in [5.41, 5.74) is 5.18. The Morgan fingerprint density at radius 3 is 2.69 bits per heavy atom. The molecule has 0 spiro atoms. The van der Waals surface area contributed by atoms with Crippen LogP contribution >= 0.6 is 0 Å². The van der Waals surface area contributed by atoms with Crippen LogP contribution in [-0.2, 0) is 16.9 Å². The van der Waals surface area contributed by atoms with Gasteiger partial charge in [-0.1, -0.05) is 5.16 Å². The maximum Gasteiger partial charge on any atom is 0.246 e. The predicted molar refractivity (Wildman–Crippen MR) is 46.8 cm³/mol. The van der Waals surface area contributed by atoms with Gasteiger partial charge in [-0.2, -0.15) is 4.98 Å². The largest absolute Gasteiger partial charge is 0.374 e. The van der Waals surface area contributed by atoms with E-state index in [-0.39, 0.29) is 0 Å². The van der Waals surface area contributed by atoms with Crippen LogP contribution in [0.2, 0.25) is 0 Å². The lowest BCUT2D eigenvalue weighted by Gasteiger charge is -2.10. The molecule has 0 aliphatic carbocycles. The Balaban J connectivity index is 2.64. The second-order valence-electron chi connectivity index (χ2n) is 3.37. The summed E-state index contributed by atoms with van der Waals surface area (Å²) in [7, 11) is 0. The third-order valence-corrected chi connectivity index (χ3v) is 1.45. The van der Waals surface area contributed by atoms with Crippen LogP contribution in [0.1, 0.15) is 32.5 Å². The Bertz CT molecular complexity index is 265. The maximum atomic E-state index is 5.76. The minimum Gasteiger partial charge on any atom is -0.374 e. The number of rotatable bonds is 4. The number of aromatic nitrogens is 2. The summed E-state index contributed by atoms with van der Waals surface area (Å²) in [4.78, 5) is 4.09. The fourth-order valence-corrected chi connectivity index (χ4v) is 0.768. The molecule has 0 saturated carbocycles. The van der Waals surface area contributed by atoms with Gasteiger partial charge in [-0.3, -0.25) is 0 Å². The van der Waals surface area contributed by atoms with Crippen LogP contribution in [-0.4, -0.2) is 16.7 Å². The minimum absolute atomic E-state index is 0.371. The lowest BCUT2D eigenvalue weighted by atomic mass is 10.1. The van der Waals surface area contributed by atoms with Crippen molar-refractivity contribution in [1.82, 2.24) is 10.1 Å². The lowest BCUT2D eigenvalue weighted by Crippen LogP contribution is -2.29. The fourth-order valence-electron chi connectivity index (χ4n) is 0.768. The zero-order valence-corrected chi connectivity index (χ0v) is 8.20. The van der Waals surface area contributed by atoms with E-state index >= 15 is 0 Å². The molecule has 13 heavy (non-hydrogen) atoms. The van der Waals surface area contributed by atoms with Gasteiger partial charge in [-0.25, -0.2) is 0 Å². The molecule has 0 saturated heterocycles. The number of hydrogen-bond acceptors (Lipinski definition) is 5. The number of nitrogens with two attached hydrogens (primary N) is 1. The Hall–Kier alpha value is -0.940. The molecule has 0 aromatic carbocycles. The average Bonchev–Trinajstić information content (AvgIpc) is 2.47. The summed E-state index contributed by atoms with van der Waals surface area (Å²) < 4.78 is 10.1. The molecule has 0 amide bonds. The molecule has 0 radical (unpaired) electrons. The standard InChI is InChI=1S/C8H15N3O2/c1-4-12-5-6-10-7(13-11-6)8(2,3)9/h4-5,9H2,1-3H3. The molecular weight excluding hydrogens is 170 g/mol. The lowest BCUT2D eigenvalue weighted by molar-refractivity contribution is 0.126. The van der Waals surface area contributed by atoms with E-state index in [2.05, 4.69) is 10.1 Å². The molecule has 1 aromatic heterocycles.